The molecule has 150 valence electrons. The van der Waals surface area contributed by atoms with Crippen molar-refractivity contribution in [2.75, 3.05) is 23.4 Å². The van der Waals surface area contributed by atoms with Gasteiger partial charge < -0.3 is 15.0 Å². The van der Waals surface area contributed by atoms with E-state index < -0.39 is 5.82 Å². The first kappa shape index (κ1) is 19.2. The lowest BCUT2D eigenvalue weighted by Gasteiger charge is -2.34. The molecule has 0 saturated carbocycles. The summed E-state index contributed by atoms with van der Waals surface area (Å²) < 4.78 is 19.0. The van der Waals surface area contributed by atoms with E-state index in [1.54, 1.807) is 12.1 Å². The molecule has 1 fully saturated rings. The molecule has 29 heavy (non-hydrogen) atoms. The topological polar surface area (TPSA) is 54.5 Å². The molecule has 2 aromatic carbocycles. The van der Waals surface area contributed by atoms with E-state index in [2.05, 4.69) is 17.1 Å². The van der Waals surface area contributed by atoms with Gasteiger partial charge in [0.25, 0.3) is 5.91 Å². The van der Waals surface area contributed by atoms with Gasteiger partial charge in [-0.2, -0.15) is 0 Å². The van der Waals surface area contributed by atoms with Crippen LogP contribution >= 0.6 is 0 Å². The fourth-order valence-corrected chi connectivity index (χ4v) is 3.73. The fourth-order valence-electron chi connectivity index (χ4n) is 3.73. The minimum absolute atomic E-state index is 0.179. The standard InChI is InChI=1S/C23H24FN3O2/c1-16-6-2-3-13-27(16)21-12-11-17-7-4-10-20(23(17)26-21)29-15-22(28)25-19-9-5-8-18(24)14-19/h4-5,7-12,14,16H,2-3,6,13,15H2,1H3,(H,25,28). The lowest BCUT2D eigenvalue weighted by Crippen LogP contribution is -2.37. The summed E-state index contributed by atoms with van der Waals surface area (Å²) in [5.41, 5.74) is 1.14. The molecule has 1 saturated heterocycles. The number of nitrogens with zero attached hydrogens (tertiary/aromatic N) is 2. The van der Waals surface area contributed by atoms with Crippen LogP contribution in [0.5, 0.6) is 5.75 Å². The van der Waals surface area contributed by atoms with E-state index in [0.717, 1.165) is 29.7 Å². The lowest BCUT2D eigenvalue weighted by molar-refractivity contribution is -0.118. The Morgan fingerprint density at radius 1 is 1.21 bits per heavy atom. The van der Waals surface area contributed by atoms with Crippen LogP contribution in [-0.2, 0) is 4.79 Å². The van der Waals surface area contributed by atoms with Crippen molar-refractivity contribution in [3.05, 3.63) is 60.4 Å². The fraction of sp³-hybridized carbons (Fsp3) is 0.304. The van der Waals surface area contributed by atoms with Crippen LogP contribution in [0.25, 0.3) is 10.9 Å². The highest BCUT2D eigenvalue weighted by molar-refractivity contribution is 5.92. The SMILES string of the molecule is CC1CCCCN1c1ccc2cccc(OCC(=O)Nc3cccc(F)c3)c2n1. The second-order valence-corrected chi connectivity index (χ2v) is 7.38. The Labute approximate surface area is 169 Å². The van der Waals surface area contributed by atoms with Crippen molar-refractivity contribution < 1.29 is 13.9 Å². The van der Waals surface area contributed by atoms with Crippen molar-refractivity contribution >= 4 is 28.3 Å². The molecule has 4 rings (SSSR count). The van der Waals surface area contributed by atoms with Crippen LogP contribution in [0.1, 0.15) is 26.2 Å². The van der Waals surface area contributed by atoms with Gasteiger partial charge in [0.05, 0.1) is 0 Å². The monoisotopic (exact) mass is 393 g/mol. The molecule has 6 heteroatoms. The van der Waals surface area contributed by atoms with Gasteiger partial charge in [-0.3, -0.25) is 4.79 Å². The molecule has 1 amide bonds. The molecule has 1 unspecified atom stereocenters. The number of fused-ring (bicyclic) bond motifs is 1. The molecule has 1 aromatic heterocycles. The van der Waals surface area contributed by atoms with Crippen molar-refractivity contribution in [3.63, 3.8) is 0 Å². The summed E-state index contributed by atoms with van der Waals surface area (Å²) in [4.78, 5) is 19.4. The highest BCUT2D eigenvalue weighted by Gasteiger charge is 2.20. The number of para-hydroxylation sites is 1. The number of benzene rings is 2. The second kappa shape index (κ2) is 8.47. The molecule has 0 spiro atoms. The van der Waals surface area contributed by atoms with Gasteiger partial charge in [0.1, 0.15) is 22.9 Å². The predicted octanol–water partition coefficient (Wildman–Crippen LogP) is 4.77. The summed E-state index contributed by atoms with van der Waals surface area (Å²) in [6, 6.07) is 16.0. The first-order valence-corrected chi connectivity index (χ1v) is 9.95. The number of anilines is 2. The predicted molar refractivity (Wildman–Crippen MR) is 113 cm³/mol. The molecule has 0 bridgehead atoms. The van der Waals surface area contributed by atoms with Gasteiger partial charge >= 0.3 is 0 Å². The number of piperidine rings is 1. The summed E-state index contributed by atoms with van der Waals surface area (Å²) in [6.45, 7) is 3.05. The molecule has 5 nitrogen and oxygen atoms in total. The maximum atomic E-state index is 13.3. The van der Waals surface area contributed by atoms with Crippen molar-refractivity contribution in [3.8, 4) is 5.75 Å². The van der Waals surface area contributed by atoms with Gasteiger partial charge in [-0.15, -0.1) is 0 Å². The second-order valence-electron chi connectivity index (χ2n) is 7.38. The van der Waals surface area contributed by atoms with E-state index in [4.69, 9.17) is 9.72 Å². The number of hydrogen-bond acceptors (Lipinski definition) is 4. The summed E-state index contributed by atoms with van der Waals surface area (Å²) in [5.74, 6) is 0.739. The number of pyridine rings is 1. The Kier molecular flexibility index (Phi) is 5.60. The van der Waals surface area contributed by atoms with Gasteiger partial charge in [0, 0.05) is 23.7 Å². The van der Waals surface area contributed by atoms with Gasteiger partial charge in [-0.25, -0.2) is 9.37 Å². The van der Waals surface area contributed by atoms with Gasteiger partial charge in [-0.1, -0.05) is 18.2 Å². The zero-order valence-electron chi connectivity index (χ0n) is 16.4. The number of amides is 1. The summed E-state index contributed by atoms with van der Waals surface area (Å²) in [6.07, 6.45) is 3.58. The number of hydrogen-bond donors (Lipinski definition) is 1. The van der Waals surface area contributed by atoms with E-state index in [-0.39, 0.29) is 12.5 Å². The van der Waals surface area contributed by atoms with Crippen molar-refractivity contribution in [1.82, 2.24) is 4.98 Å². The van der Waals surface area contributed by atoms with Crippen LogP contribution in [-0.4, -0.2) is 30.1 Å². The summed E-state index contributed by atoms with van der Waals surface area (Å²) in [7, 11) is 0. The molecular weight excluding hydrogens is 369 g/mol. The Hall–Kier alpha value is -3.15. The van der Waals surface area contributed by atoms with Gasteiger partial charge in [0.15, 0.2) is 6.61 Å². The van der Waals surface area contributed by atoms with Crippen molar-refractivity contribution in [2.24, 2.45) is 0 Å². The highest BCUT2D eigenvalue weighted by Crippen LogP contribution is 2.29. The van der Waals surface area contributed by atoms with E-state index >= 15 is 0 Å². The Morgan fingerprint density at radius 3 is 2.90 bits per heavy atom. The van der Waals surface area contributed by atoms with E-state index in [1.165, 1.54) is 25.0 Å². The first-order chi connectivity index (χ1) is 14.1. The first-order valence-electron chi connectivity index (χ1n) is 9.95. The van der Waals surface area contributed by atoms with Crippen LogP contribution in [0.15, 0.2) is 54.6 Å². The normalized spacial score (nSPS) is 16.6. The molecule has 1 aliphatic rings. The van der Waals surface area contributed by atoms with E-state index in [0.29, 0.717) is 17.5 Å². The third kappa shape index (κ3) is 4.47. The molecule has 1 N–H and O–H groups in total. The number of rotatable bonds is 5. The van der Waals surface area contributed by atoms with Crippen LogP contribution < -0.4 is 15.0 Å². The highest BCUT2D eigenvalue weighted by atomic mass is 19.1. The Bertz CT molecular complexity index is 1020. The molecule has 0 radical (unpaired) electrons. The minimum Gasteiger partial charge on any atom is -0.481 e. The Morgan fingerprint density at radius 2 is 2.07 bits per heavy atom. The number of ether oxygens (including phenoxy) is 1. The average molecular weight is 393 g/mol. The quantitative estimate of drug-likeness (QED) is 0.678. The minimum atomic E-state index is -0.401. The molecule has 2 heterocycles. The maximum absolute atomic E-state index is 13.3. The molecule has 0 aliphatic carbocycles. The number of carbonyl (C=O) groups is 1. The smallest absolute Gasteiger partial charge is 0.262 e. The average Bonchev–Trinajstić information content (AvgIpc) is 2.72. The van der Waals surface area contributed by atoms with Gasteiger partial charge in [-0.05, 0) is 62.6 Å². The molecule has 1 atom stereocenters. The van der Waals surface area contributed by atoms with Crippen LogP contribution in [0.2, 0.25) is 0 Å². The third-order valence-corrected chi connectivity index (χ3v) is 5.23. The van der Waals surface area contributed by atoms with Crippen LogP contribution in [0.3, 0.4) is 0 Å². The number of nitrogens with one attached hydrogen (secondary N) is 1. The van der Waals surface area contributed by atoms with E-state index in [1.807, 2.05) is 30.3 Å². The zero-order chi connectivity index (χ0) is 20.2. The largest absolute Gasteiger partial charge is 0.481 e. The Balaban J connectivity index is 1.50. The molecular formula is C23H24FN3O2. The van der Waals surface area contributed by atoms with Crippen LogP contribution in [0.4, 0.5) is 15.9 Å². The maximum Gasteiger partial charge on any atom is 0.262 e. The summed E-state index contributed by atoms with van der Waals surface area (Å²) >= 11 is 0. The summed E-state index contributed by atoms with van der Waals surface area (Å²) in [5, 5.41) is 3.60. The molecule has 3 aromatic rings. The van der Waals surface area contributed by atoms with Gasteiger partial charge in [0.2, 0.25) is 0 Å². The number of halogens is 1. The third-order valence-electron chi connectivity index (χ3n) is 5.23. The van der Waals surface area contributed by atoms with Crippen molar-refractivity contribution in [2.45, 2.75) is 32.2 Å². The van der Waals surface area contributed by atoms with Crippen LogP contribution in [0, 0.1) is 5.82 Å². The van der Waals surface area contributed by atoms with E-state index in [9.17, 15) is 9.18 Å². The number of aromatic nitrogens is 1. The zero-order valence-corrected chi connectivity index (χ0v) is 16.4. The lowest BCUT2D eigenvalue weighted by atomic mass is 10.0. The van der Waals surface area contributed by atoms with Crippen molar-refractivity contribution in [1.29, 1.82) is 0 Å². The number of carbonyl (C=O) groups excluding carboxylic acids is 1. The molecule has 1 aliphatic heterocycles.